The summed E-state index contributed by atoms with van der Waals surface area (Å²) in [5.74, 6) is 1.93. The van der Waals surface area contributed by atoms with Crippen LogP contribution in [-0.2, 0) is 13.0 Å². The first-order valence-electron chi connectivity index (χ1n) is 6.93. The number of aryl methyl sites for hydroxylation is 1. The molecule has 3 rings (SSSR count). The van der Waals surface area contributed by atoms with Crippen LogP contribution in [0.1, 0.15) is 31.2 Å². The van der Waals surface area contributed by atoms with Crippen LogP contribution in [0, 0.1) is 0 Å². The minimum atomic E-state index is 0.745. The van der Waals surface area contributed by atoms with E-state index in [0.717, 1.165) is 42.3 Å². The quantitative estimate of drug-likeness (QED) is 0.748. The van der Waals surface area contributed by atoms with Gasteiger partial charge < -0.3 is 14.0 Å². The first-order chi connectivity index (χ1) is 9.86. The van der Waals surface area contributed by atoms with Crippen molar-refractivity contribution >= 4 is 0 Å². The molecular formula is C15H18N4O. The number of nitrogens with one attached hydrogen (secondary N) is 1. The molecule has 0 saturated carbocycles. The summed E-state index contributed by atoms with van der Waals surface area (Å²) in [7, 11) is 0. The van der Waals surface area contributed by atoms with Crippen LogP contribution >= 0.6 is 0 Å². The van der Waals surface area contributed by atoms with Crippen molar-refractivity contribution in [3.05, 3.63) is 48.6 Å². The van der Waals surface area contributed by atoms with E-state index in [2.05, 4.69) is 26.4 Å². The number of hydrogen-bond donors (Lipinski definition) is 1. The molecular weight excluding hydrogens is 252 g/mol. The molecule has 0 aliphatic heterocycles. The number of unbranched alkanes of at least 4 members (excludes halogenated alkanes) is 1. The van der Waals surface area contributed by atoms with Crippen LogP contribution in [0.5, 0.6) is 0 Å². The Labute approximate surface area is 117 Å². The number of aromatic amines is 1. The van der Waals surface area contributed by atoms with Crippen LogP contribution in [0.15, 0.2) is 41.6 Å². The standard InChI is InChI=1S/C15H18N4O/c1-2-3-4-14-17-9-13(18-14)15-16-6-7-19(15)10-12-5-8-20-11-12/h5-9,11H,2-4,10H2,1H3,(H,17,18). The first-order valence-corrected chi connectivity index (χ1v) is 6.93. The van der Waals surface area contributed by atoms with Crippen molar-refractivity contribution < 1.29 is 4.42 Å². The lowest BCUT2D eigenvalue weighted by Gasteiger charge is -2.04. The summed E-state index contributed by atoms with van der Waals surface area (Å²) in [6, 6.07) is 1.96. The zero-order chi connectivity index (χ0) is 13.8. The molecule has 3 aromatic heterocycles. The van der Waals surface area contributed by atoms with Gasteiger partial charge in [-0.15, -0.1) is 0 Å². The largest absolute Gasteiger partial charge is 0.472 e. The van der Waals surface area contributed by atoms with Crippen molar-refractivity contribution in [2.45, 2.75) is 32.7 Å². The van der Waals surface area contributed by atoms with Crippen molar-refractivity contribution in [2.24, 2.45) is 0 Å². The lowest BCUT2D eigenvalue weighted by molar-refractivity contribution is 0.562. The third kappa shape index (κ3) is 2.66. The van der Waals surface area contributed by atoms with Crippen molar-refractivity contribution in [3.63, 3.8) is 0 Å². The van der Waals surface area contributed by atoms with Crippen LogP contribution in [0.4, 0.5) is 0 Å². The topological polar surface area (TPSA) is 59.6 Å². The second-order valence-electron chi connectivity index (χ2n) is 4.86. The predicted octanol–water partition coefficient (Wildman–Crippen LogP) is 3.26. The average Bonchev–Trinajstić information content (AvgIpc) is 3.18. The van der Waals surface area contributed by atoms with Gasteiger partial charge in [-0.2, -0.15) is 0 Å². The highest BCUT2D eigenvalue weighted by atomic mass is 16.3. The van der Waals surface area contributed by atoms with Gasteiger partial charge in [-0.05, 0) is 12.5 Å². The van der Waals surface area contributed by atoms with E-state index in [4.69, 9.17) is 4.42 Å². The van der Waals surface area contributed by atoms with Gasteiger partial charge in [0.25, 0.3) is 0 Å². The van der Waals surface area contributed by atoms with E-state index in [1.165, 1.54) is 6.42 Å². The molecule has 0 saturated heterocycles. The highest BCUT2D eigenvalue weighted by Gasteiger charge is 2.10. The van der Waals surface area contributed by atoms with Gasteiger partial charge in [0.05, 0.1) is 25.3 Å². The molecule has 0 amide bonds. The Bertz CT molecular complexity index is 651. The summed E-state index contributed by atoms with van der Waals surface area (Å²) < 4.78 is 7.19. The maximum Gasteiger partial charge on any atom is 0.158 e. The fourth-order valence-electron chi connectivity index (χ4n) is 2.21. The number of hydrogen-bond acceptors (Lipinski definition) is 3. The summed E-state index contributed by atoms with van der Waals surface area (Å²) >= 11 is 0. The van der Waals surface area contributed by atoms with Gasteiger partial charge in [0, 0.05) is 24.4 Å². The normalized spacial score (nSPS) is 11.1. The van der Waals surface area contributed by atoms with E-state index < -0.39 is 0 Å². The molecule has 0 radical (unpaired) electrons. The van der Waals surface area contributed by atoms with Crippen LogP contribution in [0.3, 0.4) is 0 Å². The van der Waals surface area contributed by atoms with Crippen molar-refractivity contribution in [2.75, 3.05) is 0 Å². The molecule has 0 atom stereocenters. The molecule has 0 aliphatic rings. The molecule has 1 N–H and O–H groups in total. The fourth-order valence-corrected chi connectivity index (χ4v) is 2.21. The lowest BCUT2D eigenvalue weighted by Crippen LogP contribution is -2.00. The van der Waals surface area contributed by atoms with Gasteiger partial charge in [-0.1, -0.05) is 13.3 Å². The summed E-state index contributed by atoms with van der Waals surface area (Å²) in [5.41, 5.74) is 2.08. The van der Waals surface area contributed by atoms with E-state index in [9.17, 15) is 0 Å². The molecule has 3 aromatic rings. The SMILES string of the molecule is CCCCc1ncc(-c2nccn2Cc2ccoc2)[nH]1. The Morgan fingerprint density at radius 1 is 1.35 bits per heavy atom. The molecule has 5 heteroatoms. The zero-order valence-electron chi connectivity index (χ0n) is 11.5. The van der Waals surface area contributed by atoms with Gasteiger partial charge in [0.1, 0.15) is 11.5 Å². The second-order valence-corrected chi connectivity index (χ2v) is 4.86. The second kappa shape index (κ2) is 5.77. The average molecular weight is 270 g/mol. The summed E-state index contributed by atoms with van der Waals surface area (Å²) in [6.07, 6.45) is 12.4. The Balaban J connectivity index is 1.80. The highest BCUT2D eigenvalue weighted by molar-refractivity contribution is 5.49. The Morgan fingerprint density at radius 3 is 3.10 bits per heavy atom. The summed E-state index contributed by atoms with van der Waals surface area (Å²) in [6.45, 7) is 2.93. The van der Waals surface area contributed by atoms with Crippen LogP contribution < -0.4 is 0 Å². The first kappa shape index (κ1) is 12.7. The maximum atomic E-state index is 5.10. The minimum absolute atomic E-state index is 0.745. The zero-order valence-corrected chi connectivity index (χ0v) is 11.5. The molecule has 0 unspecified atom stereocenters. The molecule has 0 fully saturated rings. The van der Waals surface area contributed by atoms with Crippen molar-refractivity contribution in [1.29, 1.82) is 0 Å². The Kier molecular flexibility index (Phi) is 3.67. The number of aromatic nitrogens is 4. The van der Waals surface area contributed by atoms with E-state index in [1.54, 1.807) is 12.5 Å². The fraction of sp³-hybridized carbons (Fsp3) is 0.333. The molecule has 0 aromatic carbocycles. The maximum absolute atomic E-state index is 5.10. The molecule has 0 aliphatic carbocycles. The van der Waals surface area contributed by atoms with E-state index in [0.29, 0.717) is 0 Å². The molecule has 0 spiro atoms. The third-order valence-electron chi connectivity index (χ3n) is 3.28. The molecule has 3 heterocycles. The molecule has 104 valence electrons. The molecule has 5 nitrogen and oxygen atoms in total. The van der Waals surface area contributed by atoms with Crippen LogP contribution in [-0.4, -0.2) is 19.5 Å². The van der Waals surface area contributed by atoms with Gasteiger partial charge >= 0.3 is 0 Å². The van der Waals surface area contributed by atoms with Crippen LogP contribution in [0.2, 0.25) is 0 Å². The van der Waals surface area contributed by atoms with E-state index in [-0.39, 0.29) is 0 Å². The summed E-state index contributed by atoms with van der Waals surface area (Å²) in [4.78, 5) is 12.2. The smallest absolute Gasteiger partial charge is 0.158 e. The van der Waals surface area contributed by atoms with E-state index in [1.807, 2.05) is 24.7 Å². The predicted molar refractivity (Wildman–Crippen MR) is 76.2 cm³/mol. The van der Waals surface area contributed by atoms with Gasteiger partial charge in [0.2, 0.25) is 0 Å². The molecule has 0 bridgehead atoms. The molecule has 20 heavy (non-hydrogen) atoms. The van der Waals surface area contributed by atoms with Crippen molar-refractivity contribution in [1.82, 2.24) is 19.5 Å². The van der Waals surface area contributed by atoms with Crippen molar-refractivity contribution in [3.8, 4) is 11.5 Å². The van der Waals surface area contributed by atoms with E-state index >= 15 is 0 Å². The lowest BCUT2D eigenvalue weighted by atomic mass is 10.2. The highest BCUT2D eigenvalue weighted by Crippen LogP contribution is 2.17. The van der Waals surface area contributed by atoms with Gasteiger partial charge in [-0.25, -0.2) is 9.97 Å². The Hall–Kier alpha value is -2.30. The Morgan fingerprint density at radius 2 is 2.30 bits per heavy atom. The third-order valence-corrected chi connectivity index (χ3v) is 3.28. The minimum Gasteiger partial charge on any atom is -0.472 e. The monoisotopic (exact) mass is 270 g/mol. The number of imidazole rings is 2. The number of furan rings is 1. The number of rotatable bonds is 6. The van der Waals surface area contributed by atoms with Crippen LogP contribution in [0.25, 0.3) is 11.5 Å². The summed E-state index contributed by atoms with van der Waals surface area (Å²) in [5, 5.41) is 0. The number of nitrogens with zero attached hydrogens (tertiary/aromatic N) is 3. The van der Waals surface area contributed by atoms with Gasteiger partial charge in [-0.3, -0.25) is 0 Å². The number of H-pyrrole nitrogens is 1. The van der Waals surface area contributed by atoms with Gasteiger partial charge in [0.15, 0.2) is 5.82 Å².